The molecule has 0 unspecified atom stereocenters. The van der Waals surface area contributed by atoms with Gasteiger partial charge in [-0.1, -0.05) is 43.4 Å². The van der Waals surface area contributed by atoms with Gasteiger partial charge < -0.3 is 10.6 Å². The first kappa shape index (κ1) is 15.5. The Bertz CT molecular complexity index is 680. The second-order valence-electron chi connectivity index (χ2n) is 4.84. The molecule has 0 bridgehead atoms. The molecule has 5 heteroatoms. The smallest absolute Gasteiger partial charge is 0.194 e. The van der Waals surface area contributed by atoms with Crippen LogP contribution in [0.4, 0.5) is 5.69 Å². The Morgan fingerprint density at radius 1 is 1.19 bits per heavy atom. The maximum Gasteiger partial charge on any atom is 0.194 e. The third-order valence-corrected chi connectivity index (χ3v) is 3.89. The minimum absolute atomic E-state index is 0.766. The van der Waals surface area contributed by atoms with Crippen LogP contribution in [0.25, 0.3) is 16.2 Å². The third kappa shape index (κ3) is 3.43. The van der Waals surface area contributed by atoms with Gasteiger partial charge in [0.25, 0.3) is 0 Å². The topological polar surface area (TPSA) is 46.6 Å². The van der Waals surface area contributed by atoms with E-state index in [1.165, 1.54) is 4.88 Å². The zero-order chi connectivity index (χ0) is 15.4. The summed E-state index contributed by atoms with van der Waals surface area (Å²) in [6.45, 7) is 4.94. The molecule has 3 rings (SSSR count). The zero-order valence-corrected chi connectivity index (χ0v) is 13.8. The van der Waals surface area contributed by atoms with Crippen molar-refractivity contribution in [3.8, 4) is 11.3 Å². The molecule has 0 saturated heterocycles. The van der Waals surface area contributed by atoms with Gasteiger partial charge >= 0.3 is 0 Å². The fourth-order valence-electron chi connectivity index (χ4n) is 2.09. The van der Waals surface area contributed by atoms with E-state index in [4.69, 9.17) is 5.73 Å². The number of anilines is 1. The van der Waals surface area contributed by atoms with Crippen LogP contribution in [0.1, 0.15) is 18.7 Å². The number of imidazole rings is 1. The summed E-state index contributed by atoms with van der Waals surface area (Å²) in [7, 11) is 4.14. The monoisotopic (exact) mass is 302 g/mol. The number of hydrogen-bond acceptors (Lipinski definition) is 4. The van der Waals surface area contributed by atoms with Crippen molar-refractivity contribution in [2.24, 2.45) is 0 Å². The number of rotatable bonds is 3. The highest BCUT2D eigenvalue weighted by molar-refractivity contribution is 7.17. The largest absolute Gasteiger partial charge is 0.398 e. The molecular formula is C16H22N4S. The van der Waals surface area contributed by atoms with Crippen molar-refractivity contribution in [2.75, 3.05) is 19.8 Å². The Kier molecular flexibility index (Phi) is 4.98. The van der Waals surface area contributed by atoms with E-state index in [-0.39, 0.29) is 0 Å². The molecular weight excluding hydrogens is 280 g/mol. The lowest BCUT2D eigenvalue weighted by atomic mass is 10.1. The quantitative estimate of drug-likeness (QED) is 0.750. The Balaban J connectivity index is 0.000000774. The van der Waals surface area contributed by atoms with Crippen molar-refractivity contribution in [1.82, 2.24) is 14.3 Å². The second kappa shape index (κ2) is 6.74. The van der Waals surface area contributed by atoms with Crippen molar-refractivity contribution >= 4 is 22.0 Å². The van der Waals surface area contributed by atoms with E-state index in [9.17, 15) is 0 Å². The molecule has 0 amide bonds. The van der Waals surface area contributed by atoms with E-state index in [1.807, 2.05) is 44.3 Å². The molecule has 0 saturated carbocycles. The standard InChI is InChI=1S/C14H16N4S.C2H6/c1-17(2)7-10-8-18-9-13(16-14(18)19-10)11-5-3-4-6-12(11)15;1-2/h3-6,8-9H,7,15H2,1-2H3;1-2H3. The first-order valence-electron chi connectivity index (χ1n) is 7.10. The molecule has 2 aromatic heterocycles. The summed E-state index contributed by atoms with van der Waals surface area (Å²) in [5.74, 6) is 0. The van der Waals surface area contributed by atoms with Gasteiger partial charge in [0.15, 0.2) is 4.96 Å². The Morgan fingerprint density at radius 3 is 2.52 bits per heavy atom. The lowest BCUT2D eigenvalue weighted by Gasteiger charge is -2.05. The van der Waals surface area contributed by atoms with Crippen LogP contribution in [-0.4, -0.2) is 28.4 Å². The van der Waals surface area contributed by atoms with Gasteiger partial charge in [-0.3, -0.25) is 4.40 Å². The van der Waals surface area contributed by atoms with E-state index in [2.05, 4.69) is 34.6 Å². The number of hydrogen-bond donors (Lipinski definition) is 1. The van der Waals surface area contributed by atoms with Crippen LogP contribution in [0.15, 0.2) is 36.7 Å². The number of nitrogens with two attached hydrogens (primary N) is 1. The molecule has 0 aliphatic rings. The van der Waals surface area contributed by atoms with Crippen LogP contribution < -0.4 is 5.73 Å². The minimum atomic E-state index is 0.766. The number of nitrogens with zero attached hydrogens (tertiary/aromatic N) is 3. The second-order valence-corrected chi connectivity index (χ2v) is 5.93. The lowest BCUT2D eigenvalue weighted by molar-refractivity contribution is 0.406. The van der Waals surface area contributed by atoms with E-state index in [0.29, 0.717) is 0 Å². The van der Waals surface area contributed by atoms with Crippen molar-refractivity contribution in [2.45, 2.75) is 20.4 Å². The van der Waals surface area contributed by atoms with Crippen LogP contribution in [-0.2, 0) is 6.54 Å². The Labute approximate surface area is 129 Å². The van der Waals surface area contributed by atoms with Gasteiger partial charge in [0, 0.05) is 35.1 Å². The molecule has 0 aliphatic heterocycles. The molecule has 112 valence electrons. The van der Waals surface area contributed by atoms with Gasteiger partial charge in [0.1, 0.15) is 0 Å². The first-order valence-corrected chi connectivity index (χ1v) is 7.92. The normalized spacial score (nSPS) is 10.7. The number of nitrogen functional groups attached to an aromatic ring is 1. The van der Waals surface area contributed by atoms with Gasteiger partial charge in [-0.15, -0.1) is 0 Å². The zero-order valence-electron chi connectivity index (χ0n) is 13.0. The van der Waals surface area contributed by atoms with Crippen LogP contribution in [0.3, 0.4) is 0 Å². The van der Waals surface area contributed by atoms with E-state index < -0.39 is 0 Å². The average molecular weight is 302 g/mol. The average Bonchev–Trinajstić information content (AvgIpc) is 2.98. The highest BCUT2D eigenvalue weighted by atomic mass is 32.1. The number of thiazole rings is 1. The van der Waals surface area contributed by atoms with Crippen LogP contribution in [0.5, 0.6) is 0 Å². The summed E-state index contributed by atoms with van der Waals surface area (Å²) in [6.07, 6.45) is 4.17. The SMILES string of the molecule is CC.CN(C)Cc1cn2cc(-c3ccccc3N)nc2s1. The summed E-state index contributed by atoms with van der Waals surface area (Å²) >= 11 is 1.72. The molecule has 4 nitrogen and oxygen atoms in total. The summed E-state index contributed by atoms with van der Waals surface area (Å²) in [5.41, 5.74) is 8.68. The third-order valence-electron chi connectivity index (χ3n) is 2.91. The van der Waals surface area contributed by atoms with Crippen molar-refractivity contribution in [3.05, 3.63) is 41.5 Å². The number of benzene rings is 1. The van der Waals surface area contributed by atoms with E-state index in [1.54, 1.807) is 11.3 Å². The van der Waals surface area contributed by atoms with Crippen molar-refractivity contribution in [3.63, 3.8) is 0 Å². The Hall–Kier alpha value is -1.85. The van der Waals surface area contributed by atoms with Crippen molar-refractivity contribution < 1.29 is 0 Å². The van der Waals surface area contributed by atoms with Gasteiger partial charge in [-0.2, -0.15) is 0 Å². The Morgan fingerprint density at radius 2 is 1.90 bits per heavy atom. The fourth-order valence-corrected chi connectivity index (χ4v) is 3.17. The summed E-state index contributed by atoms with van der Waals surface area (Å²) in [5, 5.41) is 0. The van der Waals surface area contributed by atoms with Gasteiger partial charge in [0.2, 0.25) is 0 Å². The van der Waals surface area contributed by atoms with E-state index in [0.717, 1.165) is 28.5 Å². The summed E-state index contributed by atoms with van der Waals surface area (Å²) in [6, 6.07) is 7.83. The van der Waals surface area contributed by atoms with Crippen molar-refractivity contribution in [1.29, 1.82) is 0 Å². The lowest BCUT2D eigenvalue weighted by Crippen LogP contribution is -2.09. The summed E-state index contributed by atoms with van der Waals surface area (Å²) in [4.78, 5) is 9.12. The molecule has 2 heterocycles. The molecule has 2 N–H and O–H groups in total. The molecule has 0 radical (unpaired) electrons. The predicted octanol–water partition coefficient (Wildman–Crippen LogP) is 3.73. The molecule has 0 aliphatic carbocycles. The predicted molar refractivity (Wildman–Crippen MR) is 91.7 cm³/mol. The highest BCUT2D eigenvalue weighted by Gasteiger charge is 2.10. The molecule has 0 atom stereocenters. The fraction of sp³-hybridized carbons (Fsp3) is 0.312. The first-order chi connectivity index (χ1) is 10.1. The van der Waals surface area contributed by atoms with Crippen LogP contribution in [0.2, 0.25) is 0 Å². The minimum Gasteiger partial charge on any atom is -0.398 e. The van der Waals surface area contributed by atoms with Gasteiger partial charge in [-0.25, -0.2) is 4.98 Å². The van der Waals surface area contributed by atoms with E-state index >= 15 is 0 Å². The maximum atomic E-state index is 5.99. The molecule has 3 aromatic rings. The molecule has 21 heavy (non-hydrogen) atoms. The summed E-state index contributed by atoms with van der Waals surface area (Å²) < 4.78 is 2.07. The molecule has 1 aromatic carbocycles. The van der Waals surface area contributed by atoms with Gasteiger partial charge in [0.05, 0.1) is 5.69 Å². The number of para-hydroxylation sites is 1. The van der Waals surface area contributed by atoms with Crippen LogP contribution >= 0.6 is 11.3 Å². The number of fused-ring (bicyclic) bond motifs is 1. The maximum absolute atomic E-state index is 5.99. The van der Waals surface area contributed by atoms with Crippen LogP contribution in [0, 0.1) is 0 Å². The number of aromatic nitrogens is 2. The highest BCUT2D eigenvalue weighted by Crippen LogP contribution is 2.27. The molecule has 0 spiro atoms. The molecule has 0 fully saturated rings. The van der Waals surface area contributed by atoms with Gasteiger partial charge in [-0.05, 0) is 20.2 Å².